The van der Waals surface area contributed by atoms with E-state index in [0.29, 0.717) is 5.71 Å². The molecule has 0 saturated carbocycles. The number of nitrogens with zero attached hydrogens (tertiary/aromatic N) is 2. The summed E-state index contributed by atoms with van der Waals surface area (Å²) in [6.07, 6.45) is 1.60. The maximum absolute atomic E-state index is 5.26. The predicted molar refractivity (Wildman–Crippen MR) is 58.1 cm³/mol. The van der Waals surface area contributed by atoms with Crippen LogP contribution in [-0.2, 0) is 0 Å². The van der Waals surface area contributed by atoms with E-state index in [1.807, 2.05) is 24.3 Å². The third-order valence-electron chi connectivity index (χ3n) is 1.77. The molecule has 4 heteroatoms. The quantitative estimate of drug-likeness (QED) is 0.441. The molecule has 0 amide bonds. The highest BCUT2D eigenvalue weighted by Gasteiger charge is 2.06. The third-order valence-corrected chi connectivity index (χ3v) is 1.77. The maximum Gasteiger partial charge on any atom is 0.128 e. The Kier molecular flexibility index (Phi) is 3.67. The Balaban J connectivity index is 3.16. The Morgan fingerprint density at radius 2 is 2.14 bits per heavy atom. The minimum absolute atomic E-state index is 0.602. The first-order chi connectivity index (χ1) is 6.83. The Labute approximate surface area is 83.1 Å². The first kappa shape index (κ1) is 10.2. The van der Waals surface area contributed by atoms with Crippen LogP contribution in [0.15, 0.2) is 34.4 Å². The molecule has 0 radical (unpaired) electrons. The Morgan fingerprint density at radius 3 is 2.71 bits per heavy atom. The average molecular weight is 191 g/mol. The van der Waals surface area contributed by atoms with Gasteiger partial charge in [-0.15, -0.1) is 0 Å². The fourth-order valence-electron chi connectivity index (χ4n) is 1.15. The van der Waals surface area contributed by atoms with Gasteiger partial charge in [0.05, 0.1) is 7.11 Å². The lowest BCUT2D eigenvalue weighted by Crippen LogP contribution is -2.07. The Morgan fingerprint density at radius 1 is 1.43 bits per heavy atom. The molecule has 0 aliphatic rings. The summed E-state index contributed by atoms with van der Waals surface area (Å²) < 4.78 is 5.18. The molecular formula is C10H13N3O. The van der Waals surface area contributed by atoms with Crippen LogP contribution in [0.5, 0.6) is 5.75 Å². The fourth-order valence-corrected chi connectivity index (χ4v) is 1.15. The number of benzene rings is 1. The highest BCUT2D eigenvalue weighted by Crippen LogP contribution is 2.17. The first-order valence-corrected chi connectivity index (χ1v) is 4.17. The van der Waals surface area contributed by atoms with Crippen LogP contribution in [0.25, 0.3) is 0 Å². The molecule has 74 valence electrons. The number of aliphatic imine (C=N–C) groups is 1. The summed E-state index contributed by atoms with van der Waals surface area (Å²) in [5, 5.41) is 3.64. The highest BCUT2D eigenvalue weighted by atomic mass is 16.5. The second kappa shape index (κ2) is 5.01. The molecule has 1 aromatic carbocycles. The summed E-state index contributed by atoms with van der Waals surface area (Å²) in [6.45, 7) is 0. The molecule has 14 heavy (non-hydrogen) atoms. The molecule has 0 saturated heterocycles. The minimum atomic E-state index is 0.602. The van der Waals surface area contributed by atoms with Gasteiger partial charge in [0.25, 0.3) is 0 Å². The lowest BCUT2D eigenvalue weighted by Gasteiger charge is -2.06. The zero-order chi connectivity index (χ0) is 10.4. The van der Waals surface area contributed by atoms with Crippen molar-refractivity contribution < 1.29 is 4.74 Å². The van der Waals surface area contributed by atoms with Crippen molar-refractivity contribution >= 4 is 11.9 Å². The van der Waals surface area contributed by atoms with E-state index < -0.39 is 0 Å². The molecule has 4 nitrogen and oxygen atoms in total. The van der Waals surface area contributed by atoms with Crippen molar-refractivity contribution in [2.75, 3.05) is 14.2 Å². The van der Waals surface area contributed by atoms with Crippen molar-refractivity contribution in [3.05, 3.63) is 29.8 Å². The molecule has 0 aliphatic carbocycles. The van der Waals surface area contributed by atoms with Crippen molar-refractivity contribution in [3.63, 3.8) is 0 Å². The Bertz CT molecular complexity index is 358. The van der Waals surface area contributed by atoms with E-state index in [1.165, 1.54) is 0 Å². The van der Waals surface area contributed by atoms with E-state index in [2.05, 4.69) is 10.1 Å². The maximum atomic E-state index is 5.26. The summed E-state index contributed by atoms with van der Waals surface area (Å²) in [5.74, 6) is 5.99. The van der Waals surface area contributed by atoms with E-state index in [9.17, 15) is 0 Å². The number of methoxy groups -OCH3 is 1. The van der Waals surface area contributed by atoms with Gasteiger partial charge in [-0.3, -0.25) is 4.99 Å². The normalized spacial score (nSPS) is 12.0. The van der Waals surface area contributed by atoms with Gasteiger partial charge in [-0.25, -0.2) is 0 Å². The number of hydrogen-bond acceptors (Lipinski definition) is 4. The second-order valence-electron chi connectivity index (χ2n) is 2.60. The molecular weight excluding hydrogens is 178 g/mol. The van der Waals surface area contributed by atoms with Gasteiger partial charge in [0.2, 0.25) is 0 Å². The molecule has 0 spiro atoms. The number of ether oxygens (including phenoxy) is 1. The zero-order valence-corrected chi connectivity index (χ0v) is 8.27. The van der Waals surface area contributed by atoms with Crippen LogP contribution < -0.4 is 10.6 Å². The number of hydrazone groups is 1. The highest BCUT2D eigenvalue weighted by molar-refractivity contribution is 6.38. The number of rotatable bonds is 3. The number of para-hydroxylation sites is 1. The van der Waals surface area contributed by atoms with Crippen LogP contribution in [0, 0.1) is 0 Å². The van der Waals surface area contributed by atoms with Crippen LogP contribution in [0.2, 0.25) is 0 Å². The SMILES string of the molecule is CN=CC(=NN)c1ccccc1OC. The molecule has 0 aromatic heterocycles. The van der Waals surface area contributed by atoms with Gasteiger partial charge in [-0.05, 0) is 12.1 Å². The minimum Gasteiger partial charge on any atom is -0.496 e. The van der Waals surface area contributed by atoms with E-state index in [0.717, 1.165) is 11.3 Å². The smallest absolute Gasteiger partial charge is 0.128 e. The van der Waals surface area contributed by atoms with Crippen LogP contribution in [0.1, 0.15) is 5.56 Å². The third kappa shape index (κ3) is 2.10. The summed E-state index contributed by atoms with van der Waals surface area (Å²) in [4.78, 5) is 3.87. The lowest BCUT2D eigenvalue weighted by atomic mass is 10.1. The standard InChI is InChI=1S/C10H13N3O/c1-12-7-9(13-11)8-5-3-4-6-10(8)14-2/h3-7H,11H2,1-2H3. The van der Waals surface area contributed by atoms with Gasteiger partial charge in [-0.2, -0.15) is 5.10 Å². The lowest BCUT2D eigenvalue weighted by molar-refractivity contribution is 0.414. The zero-order valence-electron chi connectivity index (χ0n) is 8.27. The number of nitrogens with two attached hydrogens (primary N) is 1. The summed E-state index contributed by atoms with van der Waals surface area (Å²) in [5.41, 5.74) is 1.44. The predicted octanol–water partition coefficient (Wildman–Crippen LogP) is 1.06. The van der Waals surface area contributed by atoms with Crippen LogP contribution in [0.3, 0.4) is 0 Å². The molecule has 0 bridgehead atoms. The molecule has 0 fully saturated rings. The first-order valence-electron chi connectivity index (χ1n) is 4.17. The van der Waals surface area contributed by atoms with Crippen molar-refractivity contribution in [2.24, 2.45) is 15.9 Å². The summed E-state index contributed by atoms with van der Waals surface area (Å²) in [6, 6.07) is 7.52. The number of hydrogen-bond donors (Lipinski definition) is 1. The van der Waals surface area contributed by atoms with Gasteiger partial charge in [0, 0.05) is 18.8 Å². The average Bonchev–Trinajstić information content (AvgIpc) is 2.26. The van der Waals surface area contributed by atoms with Crippen molar-refractivity contribution in [2.45, 2.75) is 0 Å². The van der Waals surface area contributed by atoms with E-state index in [4.69, 9.17) is 10.6 Å². The van der Waals surface area contributed by atoms with Crippen molar-refractivity contribution in [1.29, 1.82) is 0 Å². The molecule has 0 atom stereocenters. The summed E-state index contributed by atoms with van der Waals surface area (Å²) >= 11 is 0. The second-order valence-corrected chi connectivity index (χ2v) is 2.60. The largest absolute Gasteiger partial charge is 0.496 e. The van der Waals surface area contributed by atoms with Gasteiger partial charge in [-0.1, -0.05) is 12.1 Å². The summed E-state index contributed by atoms with van der Waals surface area (Å²) in [7, 11) is 3.27. The van der Waals surface area contributed by atoms with Crippen LogP contribution in [-0.4, -0.2) is 26.1 Å². The Hall–Kier alpha value is -1.84. The monoisotopic (exact) mass is 191 g/mol. The fraction of sp³-hybridized carbons (Fsp3) is 0.200. The van der Waals surface area contributed by atoms with E-state index in [-0.39, 0.29) is 0 Å². The molecule has 2 N–H and O–H groups in total. The molecule has 0 aliphatic heterocycles. The van der Waals surface area contributed by atoms with Gasteiger partial charge in [0.15, 0.2) is 0 Å². The molecule has 1 aromatic rings. The van der Waals surface area contributed by atoms with Crippen molar-refractivity contribution in [3.8, 4) is 5.75 Å². The van der Waals surface area contributed by atoms with Crippen LogP contribution in [0.4, 0.5) is 0 Å². The molecule has 0 unspecified atom stereocenters. The van der Waals surface area contributed by atoms with E-state index >= 15 is 0 Å². The van der Waals surface area contributed by atoms with E-state index in [1.54, 1.807) is 20.4 Å². The molecule has 1 rings (SSSR count). The van der Waals surface area contributed by atoms with Crippen LogP contribution >= 0.6 is 0 Å². The topological polar surface area (TPSA) is 60.0 Å². The molecule has 0 heterocycles. The van der Waals surface area contributed by atoms with Gasteiger partial charge in [0.1, 0.15) is 11.5 Å². The van der Waals surface area contributed by atoms with Gasteiger partial charge >= 0.3 is 0 Å². The van der Waals surface area contributed by atoms with Gasteiger partial charge < -0.3 is 10.6 Å². The van der Waals surface area contributed by atoms with Crippen molar-refractivity contribution in [1.82, 2.24) is 0 Å².